The second-order valence-electron chi connectivity index (χ2n) is 8.05. The minimum absolute atomic E-state index is 0.188. The Hall–Kier alpha value is -3.92. The van der Waals surface area contributed by atoms with Gasteiger partial charge in [-0.3, -0.25) is 0 Å². The van der Waals surface area contributed by atoms with Crippen LogP contribution in [0.25, 0.3) is 11.1 Å². The van der Waals surface area contributed by atoms with E-state index in [1.54, 1.807) is 39.5 Å². The lowest BCUT2D eigenvalue weighted by Crippen LogP contribution is -2.37. The van der Waals surface area contributed by atoms with Crippen molar-refractivity contribution in [1.29, 1.82) is 0 Å². The van der Waals surface area contributed by atoms with Gasteiger partial charge in [-0.2, -0.15) is 0 Å². The van der Waals surface area contributed by atoms with Crippen LogP contribution in [0, 0.1) is 0 Å². The fourth-order valence-corrected chi connectivity index (χ4v) is 4.79. The first-order valence-electron chi connectivity index (χ1n) is 11.2. The van der Waals surface area contributed by atoms with Gasteiger partial charge in [0.2, 0.25) is 10.0 Å². The highest BCUT2D eigenvalue weighted by Crippen LogP contribution is 2.50. The van der Waals surface area contributed by atoms with Crippen molar-refractivity contribution in [3.05, 3.63) is 65.7 Å². The molecule has 1 atom stereocenters. The molecule has 3 aromatic carbocycles. The van der Waals surface area contributed by atoms with Crippen LogP contribution < -0.4 is 24.3 Å². The summed E-state index contributed by atoms with van der Waals surface area (Å²) in [5, 5.41) is 2.67. The molecule has 10 heteroatoms. The van der Waals surface area contributed by atoms with Gasteiger partial charge in [0.15, 0.2) is 11.5 Å². The number of urea groups is 1. The lowest BCUT2D eigenvalue weighted by atomic mass is 9.88. The summed E-state index contributed by atoms with van der Waals surface area (Å²) in [6, 6.07) is 15.7. The lowest BCUT2D eigenvalue weighted by Gasteiger charge is -2.31. The quantitative estimate of drug-likeness (QED) is 0.490. The molecule has 1 heterocycles. The summed E-state index contributed by atoms with van der Waals surface area (Å²) in [5.41, 5.74) is 3.63. The molecular weight excluding hydrogens is 484 g/mol. The van der Waals surface area contributed by atoms with Crippen molar-refractivity contribution in [2.24, 2.45) is 0 Å². The molecule has 0 radical (unpaired) electrons. The molecular formula is C26H28N2O7S. The average Bonchev–Trinajstić information content (AvgIpc) is 2.91. The molecule has 0 spiro atoms. The monoisotopic (exact) mass is 512 g/mol. The van der Waals surface area contributed by atoms with Crippen LogP contribution in [0.3, 0.4) is 0 Å². The molecule has 0 fully saturated rings. The SMILES string of the molecule is CCS(=O)(=O)N(C)C(=O)Nc1ccc2c(c1)C(c1ccc(OC)c(OC)c1)Oc1cccc(OC)c1-2. The topological polar surface area (TPSA) is 103 Å². The van der Waals surface area contributed by atoms with E-state index in [4.69, 9.17) is 18.9 Å². The standard InChI is InChI=1S/C26H28N2O7S/c1-6-36(30,31)28(2)26(29)27-17-11-12-18-19(15-17)25(16-10-13-20(32-3)23(14-16)34-5)35-22-9-7-8-21(33-4)24(18)22/h7-15,25H,6H2,1-5H3,(H,27,29). The molecule has 4 rings (SSSR count). The maximum Gasteiger partial charge on any atom is 0.335 e. The van der Waals surface area contributed by atoms with E-state index in [9.17, 15) is 13.2 Å². The minimum atomic E-state index is -3.70. The Balaban J connectivity index is 1.82. The molecule has 0 aliphatic carbocycles. The van der Waals surface area contributed by atoms with E-state index < -0.39 is 22.2 Å². The fourth-order valence-electron chi connectivity index (χ4n) is 4.11. The van der Waals surface area contributed by atoms with E-state index in [0.717, 1.165) is 22.3 Å². The first-order valence-corrected chi connectivity index (χ1v) is 12.8. The Kier molecular flexibility index (Phi) is 6.98. The van der Waals surface area contributed by atoms with Crippen molar-refractivity contribution < 1.29 is 32.2 Å². The molecule has 3 aromatic rings. The molecule has 1 aliphatic rings. The summed E-state index contributed by atoms with van der Waals surface area (Å²) in [7, 11) is 2.25. The van der Waals surface area contributed by atoms with Crippen LogP contribution in [0.1, 0.15) is 24.2 Å². The Morgan fingerprint density at radius 2 is 1.69 bits per heavy atom. The summed E-state index contributed by atoms with van der Waals surface area (Å²) in [6.45, 7) is 1.48. The summed E-state index contributed by atoms with van der Waals surface area (Å²) < 4.78 is 47.9. The summed E-state index contributed by atoms with van der Waals surface area (Å²) in [4.78, 5) is 12.6. The van der Waals surface area contributed by atoms with E-state index >= 15 is 0 Å². The van der Waals surface area contributed by atoms with Crippen molar-refractivity contribution in [2.45, 2.75) is 13.0 Å². The Labute approximate surface area is 210 Å². The third-order valence-corrected chi connectivity index (χ3v) is 7.82. The van der Waals surface area contributed by atoms with Gasteiger partial charge in [0.05, 0.1) is 32.6 Å². The Bertz CT molecular complexity index is 1410. The van der Waals surface area contributed by atoms with Crippen LogP contribution in [0.5, 0.6) is 23.0 Å². The van der Waals surface area contributed by atoms with E-state index in [0.29, 0.717) is 33.0 Å². The number of carbonyl (C=O) groups is 1. The number of benzene rings is 3. The van der Waals surface area contributed by atoms with Crippen molar-refractivity contribution in [3.63, 3.8) is 0 Å². The van der Waals surface area contributed by atoms with Crippen molar-refractivity contribution in [3.8, 4) is 34.1 Å². The highest BCUT2D eigenvalue weighted by atomic mass is 32.2. The fraction of sp³-hybridized carbons (Fsp3) is 0.269. The highest BCUT2D eigenvalue weighted by Gasteiger charge is 2.31. The van der Waals surface area contributed by atoms with E-state index in [1.807, 2.05) is 36.4 Å². The molecule has 1 aliphatic heterocycles. The highest BCUT2D eigenvalue weighted by molar-refractivity contribution is 7.89. The number of hydrogen-bond donors (Lipinski definition) is 1. The van der Waals surface area contributed by atoms with Gasteiger partial charge >= 0.3 is 6.03 Å². The maximum absolute atomic E-state index is 12.6. The number of amides is 2. The van der Waals surface area contributed by atoms with Crippen LogP contribution in [-0.4, -0.2) is 52.9 Å². The molecule has 0 aromatic heterocycles. The molecule has 36 heavy (non-hydrogen) atoms. The van der Waals surface area contributed by atoms with Gasteiger partial charge in [0, 0.05) is 23.9 Å². The number of carbonyl (C=O) groups excluding carboxylic acids is 1. The Morgan fingerprint density at radius 3 is 2.36 bits per heavy atom. The van der Waals surface area contributed by atoms with Gasteiger partial charge < -0.3 is 24.3 Å². The maximum atomic E-state index is 12.6. The number of fused-ring (bicyclic) bond motifs is 3. The van der Waals surface area contributed by atoms with E-state index in [2.05, 4.69) is 5.32 Å². The van der Waals surface area contributed by atoms with Crippen LogP contribution >= 0.6 is 0 Å². The number of anilines is 1. The van der Waals surface area contributed by atoms with Crippen molar-refractivity contribution in [2.75, 3.05) is 39.4 Å². The number of methoxy groups -OCH3 is 3. The molecule has 0 saturated carbocycles. The lowest BCUT2D eigenvalue weighted by molar-refractivity contribution is 0.239. The number of ether oxygens (including phenoxy) is 4. The second kappa shape index (κ2) is 9.98. The predicted molar refractivity (Wildman–Crippen MR) is 137 cm³/mol. The number of sulfonamides is 1. The van der Waals surface area contributed by atoms with Gasteiger partial charge in [0.1, 0.15) is 17.6 Å². The van der Waals surface area contributed by atoms with E-state index in [1.165, 1.54) is 14.0 Å². The smallest absolute Gasteiger partial charge is 0.335 e. The molecule has 0 saturated heterocycles. The summed E-state index contributed by atoms with van der Waals surface area (Å²) in [5.74, 6) is 2.23. The number of nitrogens with one attached hydrogen (secondary N) is 1. The zero-order valence-corrected chi connectivity index (χ0v) is 21.5. The first kappa shape index (κ1) is 25.2. The Morgan fingerprint density at radius 1 is 0.972 bits per heavy atom. The van der Waals surface area contributed by atoms with Crippen LogP contribution in [-0.2, 0) is 10.0 Å². The molecule has 190 valence electrons. The van der Waals surface area contributed by atoms with Gasteiger partial charge in [-0.05, 0) is 48.9 Å². The largest absolute Gasteiger partial charge is 0.496 e. The molecule has 2 amide bonds. The minimum Gasteiger partial charge on any atom is -0.496 e. The van der Waals surface area contributed by atoms with Crippen molar-refractivity contribution in [1.82, 2.24) is 4.31 Å². The normalized spacial score (nSPS) is 14.1. The number of nitrogens with zero attached hydrogens (tertiary/aromatic N) is 1. The first-order chi connectivity index (χ1) is 17.2. The summed E-state index contributed by atoms with van der Waals surface area (Å²) in [6.07, 6.45) is -0.548. The van der Waals surface area contributed by atoms with Crippen LogP contribution in [0.2, 0.25) is 0 Å². The number of rotatable bonds is 7. The molecule has 1 N–H and O–H groups in total. The third kappa shape index (κ3) is 4.51. The van der Waals surface area contributed by atoms with Crippen LogP contribution in [0.15, 0.2) is 54.6 Å². The van der Waals surface area contributed by atoms with E-state index in [-0.39, 0.29) is 5.75 Å². The van der Waals surface area contributed by atoms with Gasteiger partial charge in [-0.1, -0.05) is 18.2 Å². The molecule has 9 nitrogen and oxygen atoms in total. The average molecular weight is 513 g/mol. The summed E-state index contributed by atoms with van der Waals surface area (Å²) >= 11 is 0. The van der Waals surface area contributed by atoms with Gasteiger partial charge in [0.25, 0.3) is 0 Å². The zero-order chi connectivity index (χ0) is 26.0. The van der Waals surface area contributed by atoms with Crippen LogP contribution in [0.4, 0.5) is 10.5 Å². The van der Waals surface area contributed by atoms with Gasteiger partial charge in [-0.15, -0.1) is 0 Å². The molecule has 0 bridgehead atoms. The second-order valence-corrected chi connectivity index (χ2v) is 10.3. The zero-order valence-electron chi connectivity index (χ0n) is 20.7. The van der Waals surface area contributed by atoms with Gasteiger partial charge in [-0.25, -0.2) is 17.5 Å². The third-order valence-electron chi connectivity index (χ3n) is 6.09. The predicted octanol–water partition coefficient (Wildman–Crippen LogP) is 4.67. The molecule has 1 unspecified atom stereocenters. The number of hydrogen-bond acceptors (Lipinski definition) is 7. The van der Waals surface area contributed by atoms with Crippen molar-refractivity contribution >= 4 is 21.7 Å².